The Hall–Kier alpha value is 0. The standard InChI is InChI=1S/C40H66/c1-23(2)27(9)24(3,4)30(12)29(23,11)33(15)34(30,16)38(20)37(33,19)39(21)35(17)31(13)25(5,6)28(27,10)26(7,8)32(31,14)36(35,18)40(38,39)22/h1-22H3. The minimum absolute atomic E-state index is 0.131. The van der Waals surface area contributed by atoms with Crippen molar-refractivity contribution in [3.05, 3.63) is 0 Å². The molecule has 9 fully saturated rings. The molecule has 0 spiro atoms. The monoisotopic (exact) mass is 547 g/mol. The Labute approximate surface area is 249 Å². The summed E-state index contributed by atoms with van der Waals surface area (Å²) >= 11 is 0. The molecule has 8 atom stereocenters. The molecule has 0 heterocycles. The van der Waals surface area contributed by atoms with Crippen molar-refractivity contribution in [3.8, 4) is 0 Å². The van der Waals surface area contributed by atoms with E-state index >= 15 is 0 Å². The van der Waals surface area contributed by atoms with Crippen molar-refractivity contribution in [2.24, 2.45) is 97.5 Å². The van der Waals surface area contributed by atoms with Gasteiger partial charge in [-0.05, 0) is 97.5 Å². The van der Waals surface area contributed by atoms with Gasteiger partial charge in [-0.1, -0.05) is 152 Å². The van der Waals surface area contributed by atoms with Gasteiger partial charge in [0.25, 0.3) is 0 Å². The van der Waals surface area contributed by atoms with Crippen LogP contribution in [0.4, 0.5) is 0 Å². The van der Waals surface area contributed by atoms with Crippen LogP contribution in [0.3, 0.4) is 0 Å². The first-order valence-electron chi connectivity index (χ1n) is 17.2. The maximum Gasteiger partial charge on any atom is -0.0130 e. The molecule has 0 nitrogen and oxygen atoms in total. The molecule has 0 aromatic heterocycles. The topological polar surface area (TPSA) is 0 Å². The quantitative estimate of drug-likeness (QED) is 0.283. The number of hydrogen-bond donors (Lipinski definition) is 0. The summed E-state index contributed by atoms with van der Waals surface area (Å²) in [6.45, 7) is 62.3. The molecule has 226 valence electrons. The summed E-state index contributed by atoms with van der Waals surface area (Å²) in [5, 5.41) is 0. The largest absolute Gasteiger partial charge is 0.0588 e. The molecular weight excluding hydrogens is 480 g/mol. The molecule has 9 aliphatic carbocycles. The zero-order chi connectivity index (χ0) is 31.0. The van der Waals surface area contributed by atoms with Crippen LogP contribution >= 0.6 is 0 Å². The molecule has 9 aliphatic rings. The highest BCUT2D eigenvalue weighted by Crippen LogP contribution is 3.25. The molecule has 0 aliphatic heterocycles. The molecule has 0 aromatic carbocycles. The third-order valence-electron chi connectivity index (χ3n) is 27.0. The molecule has 9 rings (SSSR count). The van der Waals surface area contributed by atoms with Gasteiger partial charge in [0, 0.05) is 0 Å². The van der Waals surface area contributed by atoms with Crippen molar-refractivity contribution >= 4 is 0 Å². The highest BCUT2D eigenvalue weighted by molar-refractivity contribution is 5.68. The van der Waals surface area contributed by atoms with Gasteiger partial charge < -0.3 is 0 Å². The van der Waals surface area contributed by atoms with Gasteiger partial charge in [-0.3, -0.25) is 0 Å². The van der Waals surface area contributed by atoms with Crippen molar-refractivity contribution < 1.29 is 0 Å². The van der Waals surface area contributed by atoms with Gasteiger partial charge in [-0.25, -0.2) is 0 Å². The highest BCUT2D eigenvalue weighted by atomic mass is 15.2. The lowest BCUT2D eigenvalue weighted by molar-refractivity contribution is -0.729. The predicted octanol–water partition coefficient (Wildman–Crippen LogP) is 11.3. The Morgan fingerprint density at radius 2 is 0.225 bits per heavy atom. The fourth-order valence-corrected chi connectivity index (χ4v) is 24.8. The molecule has 40 heavy (non-hydrogen) atoms. The van der Waals surface area contributed by atoms with E-state index in [0.717, 1.165) is 0 Å². The second-order valence-corrected chi connectivity index (χ2v) is 22.2. The van der Waals surface area contributed by atoms with Crippen LogP contribution in [0, 0.1) is 97.5 Å². The molecule has 0 N–H and O–H groups in total. The lowest BCUT2D eigenvalue weighted by Gasteiger charge is -3.19. The van der Waals surface area contributed by atoms with Crippen molar-refractivity contribution in [3.63, 3.8) is 0 Å². The van der Waals surface area contributed by atoms with Crippen LogP contribution in [0.2, 0.25) is 0 Å². The molecular formula is C40H66. The first kappa shape index (κ1) is 27.5. The van der Waals surface area contributed by atoms with Gasteiger partial charge in [-0.2, -0.15) is 0 Å². The normalized spacial score (nSPS) is 78.5. The van der Waals surface area contributed by atoms with Gasteiger partial charge in [0.2, 0.25) is 0 Å². The second kappa shape index (κ2) is 4.83. The zero-order valence-electron chi connectivity index (χ0n) is 31.0. The summed E-state index contributed by atoms with van der Waals surface area (Å²) in [5.74, 6) is 0. The van der Waals surface area contributed by atoms with Crippen molar-refractivity contribution in [2.45, 2.75) is 152 Å². The Morgan fingerprint density at radius 3 is 0.350 bits per heavy atom. The van der Waals surface area contributed by atoms with Gasteiger partial charge in [0.15, 0.2) is 0 Å². The summed E-state index contributed by atoms with van der Waals surface area (Å²) in [5.41, 5.74) is 4.23. The first-order valence-corrected chi connectivity index (χ1v) is 17.2. The van der Waals surface area contributed by atoms with Crippen molar-refractivity contribution in [1.29, 1.82) is 0 Å². The zero-order valence-corrected chi connectivity index (χ0v) is 31.0. The van der Waals surface area contributed by atoms with Crippen LogP contribution < -0.4 is 0 Å². The van der Waals surface area contributed by atoms with Crippen LogP contribution in [0.25, 0.3) is 0 Å². The SMILES string of the molecule is CC1(C)C2(C)C(C)(C)C3(C)C1(C)C1(C)C3(C)C3(C)C1(C)C1(C)C4(C)C5(C)C(C)(C)C2(C)C(C)(C)C5(C)C4(C)C31C. The molecule has 0 amide bonds. The third-order valence-corrected chi connectivity index (χ3v) is 27.0. The molecule has 8 unspecified atom stereocenters. The molecule has 0 radical (unpaired) electrons. The van der Waals surface area contributed by atoms with Crippen LogP contribution in [-0.4, -0.2) is 0 Å². The van der Waals surface area contributed by atoms with E-state index in [-0.39, 0.29) is 75.8 Å². The summed E-state index contributed by atoms with van der Waals surface area (Å²) < 4.78 is 0. The van der Waals surface area contributed by atoms with Crippen LogP contribution in [0.15, 0.2) is 0 Å². The Kier molecular flexibility index (Phi) is 3.32. The Morgan fingerprint density at radius 1 is 0.125 bits per heavy atom. The molecule has 0 aromatic rings. The summed E-state index contributed by atoms with van der Waals surface area (Å²) in [6, 6.07) is 0. The fraction of sp³-hybridized carbons (Fsp3) is 1.00. The van der Waals surface area contributed by atoms with E-state index in [9.17, 15) is 0 Å². The van der Waals surface area contributed by atoms with E-state index in [4.69, 9.17) is 0 Å². The number of rotatable bonds is 0. The minimum atomic E-state index is 0.131. The second-order valence-electron chi connectivity index (χ2n) is 22.2. The van der Waals surface area contributed by atoms with E-state index in [1.165, 1.54) is 0 Å². The van der Waals surface area contributed by atoms with Crippen LogP contribution in [-0.2, 0) is 0 Å². The first-order chi connectivity index (χ1) is 17.2. The van der Waals surface area contributed by atoms with Crippen molar-refractivity contribution in [1.82, 2.24) is 0 Å². The summed E-state index contributed by atoms with van der Waals surface area (Å²) in [4.78, 5) is 0. The van der Waals surface area contributed by atoms with E-state index in [0.29, 0.717) is 21.7 Å². The molecule has 0 heteroatoms. The minimum Gasteiger partial charge on any atom is -0.0588 e. The summed E-state index contributed by atoms with van der Waals surface area (Å²) in [6.07, 6.45) is 0. The molecule has 0 saturated heterocycles. The smallest absolute Gasteiger partial charge is 0.0130 e. The van der Waals surface area contributed by atoms with Gasteiger partial charge >= 0.3 is 0 Å². The van der Waals surface area contributed by atoms with E-state index in [2.05, 4.69) is 152 Å². The van der Waals surface area contributed by atoms with Gasteiger partial charge in [0.1, 0.15) is 0 Å². The lowest BCUT2D eigenvalue weighted by atomic mass is 8.84. The average molecular weight is 547 g/mol. The van der Waals surface area contributed by atoms with Crippen LogP contribution in [0.5, 0.6) is 0 Å². The lowest BCUT2D eigenvalue weighted by Crippen LogP contribution is -3.16. The number of hydrogen-bond acceptors (Lipinski definition) is 0. The van der Waals surface area contributed by atoms with Crippen LogP contribution in [0.1, 0.15) is 152 Å². The Balaban J connectivity index is 1.72. The average Bonchev–Trinajstić information content (AvgIpc) is 2.98. The van der Waals surface area contributed by atoms with E-state index < -0.39 is 0 Å². The van der Waals surface area contributed by atoms with Crippen molar-refractivity contribution in [2.75, 3.05) is 0 Å². The third kappa shape index (κ3) is 1.03. The van der Waals surface area contributed by atoms with E-state index in [1.807, 2.05) is 0 Å². The van der Waals surface area contributed by atoms with Gasteiger partial charge in [-0.15, -0.1) is 0 Å². The maximum atomic E-state index is 2.86. The molecule has 6 bridgehead atoms. The predicted molar refractivity (Wildman–Crippen MR) is 169 cm³/mol. The summed E-state index contributed by atoms with van der Waals surface area (Å²) in [7, 11) is 0. The van der Waals surface area contributed by atoms with Gasteiger partial charge in [0.05, 0.1) is 0 Å². The fourth-order valence-electron chi connectivity index (χ4n) is 24.8. The highest BCUT2D eigenvalue weighted by Gasteiger charge is 3.22. The Bertz CT molecular complexity index is 1220. The molecule has 9 saturated carbocycles. The maximum absolute atomic E-state index is 2.86. The van der Waals surface area contributed by atoms with E-state index in [1.54, 1.807) is 0 Å².